The Labute approximate surface area is 192 Å². The van der Waals surface area contributed by atoms with Gasteiger partial charge in [0.15, 0.2) is 10.1 Å². The monoisotopic (exact) mass is 499 g/mol. The van der Waals surface area contributed by atoms with E-state index in [1.807, 2.05) is 11.4 Å². The summed E-state index contributed by atoms with van der Waals surface area (Å²) in [6, 6.07) is 4.08. The molecule has 0 saturated carbocycles. The number of aromatic nitrogens is 3. The van der Waals surface area contributed by atoms with Gasteiger partial charge in [0.2, 0.25) is 21.1 Å². The minimum absolute atomic E-state index is 0.122. The number of thioether (sulfide) groups is 1. The van der Waals surface area contributed by atoms with Crippen molar-refractivity contribution in [3.05, 3.63) is 33.8 Å². The lowest BCUT2D eigenvalue weighted by atomic mass is 9.97. The Morgan fingerprint density at radius 3 is 2.74 bits per heavy atom. The SMILES string of the molecule is Cc1noc(C)c1S(=O)(=O)N1CCC(C(=O)Nc2nnc(SCc3cccs3)s2)CC1. The van der Waals surface area contributed by atoms with Crippen LogP contribution in [0.5, 0.6) is 0 Å². The highest BCUT2D eigenvalue weighted by molar-refractivity contribution is 8.00. The lowest BCUT2D eigenvalue weighted by molar-refractivity contribution is -0.120. The first-order chi connectivity index (χ1) is 14.8. The molecule has 0 unspecified atom stereocenters. The standard InChI is InChI=1S/C18H21N5O4S4/c1-11-15(12(2)27-22-11)31(25,26)23-7-5-13(6-8-23)16(24)19-17-20-21-18(30-17)29-10-14-4-3-9-28-14/h3-4,9,13H,5-8,10H2,1-2H3,(H,19,20,24). The van der Waals surface area contributed by atoms with Gasteiger partial charge in [0.25, 0.3) is 0 Å². The number of sulfonamides is 1. The normalized spacial score (nSPS) is 15.9. The maximum atomic E-state index is 12.9. The van der Waals surface area contributed by atoms with Crippen molar-refractivity contribution in [3.63, 3.8) is 0 Å². The Hall–Kier alpha value is -1.80. The van der Waals surface area contributed by atoms with Crippen LogP contribution in [-0.2, 0) is 20.6 Å². The molecule has 0 aromatic carbocycles. The maximum Gasteiger partial charge on any atom is 0.248 e. The Bertz CT molecular complexity index is 1130. The largest absolute Gasteiger partial charge is 0.360 e. The number of carbonyl (C=O) groups is 1. The van der Waals surface area contributed by atoms with Crippen LogP contribution in [0.15, 0.2) is 31.3 Å². The number of carbonyl (C=O) groups excluding carboxylic acids is 1. The van der Waals surface area contributed by atoms with E-state index in [-0.39, 0.29) is 35.6 Å². The van der Waals surface area contributed by atoms with Gasteiger partial charge in [-0.05, 0) is 38.1 Å². The molecule has 1 saturated heterocycles. The average Bonchev–Trinajstić information content (AvgIpc) is 3.49. The summed E-state index contributed by atoms with van der Waals surface area (Å²) in [4.78, 5) is 14.0. The van der Waals surface area contributed by atoms with Crippen LogP contribution in [-0.4, -0.2) is 47.1 Å². The minimum Gasteiger partial charge on any atom is -0.360 e. The first kappa shape index (κ1) is 22.4. The molecule has 0 aliphatic carbocycles. The van der Waals surface area contributed by atoms with Crippen LogP contribution in [0.2, 0.25) is 0 Å². The van der Waals surface area contributed by atoms with E-state index in [4.69, 9.17) is 4.52 Å². The van der Waals surface area contributed by atoms with Crippen molar-refractivity contribution < 1.29 is 17.7 Å². The molecule has 0 atom stereocenters. The molecule has 0 bridgehead atoms. The number of hydrogen-bond donors (Lipinski definition) is 1. The van der Waals surface area contributed by atoms with E-state index in [0.717, 1.165) is 10.1 Å². The highest BCUT2D eigenvalue weighted by Gasteiger charge is 2.35. The second-order valence-electron chi connectivity index (χ2n) is 7.06. The number of amides is 1. The van der Waals surface area contributed by atoms with Crippen LogP contribution in [0.3, 0.4) is 0 Å². The van der Waals surface area contributed by atoms with E-state index in [1.165, 1.54) is 20.5 Å². The molecule has 1 amide bonds. The Kier molecular flexibility index (Phi) is 6.77. The topological polar surface area (TPSA) is 118 Å². The van der Waals surface area contributed by atoms with Crippen molar-refractivity contribution in [1.82, 2.24) is 19.7 Å². The minimum atomic E-state index is -3.69. The second-order valence-corrected chi connectivity index (χ2v) is 12.2. The van der Waals surface area contributed by atoms with Crippen LogP contribution in [0.1, 0.15) is 29.2 Å². The van der Waals surface area contributed by atoms with Gasteiger partial charge in [0.05, 0.1) is 0 Å². The van der Waals surface area contributed by atoms with E-state index in [9.17, 15) is 13.2 Å². The summed E-state index contributed by atoms with van der Waals surface area (Å²) in [7, 11) is -3.69. The van der Waals surface area contributed by atoms with Gasteiger partial charge in [0.1, 0.15) is 10.6 Å². The average molecular weight is 500 g/mol. The number of hydrogen-bond acceptors (Lipinski definition) is 10. The van der Waals surface area contributed by atoms with Crippen molar-refractivity contribution in [2.45, 2.75) is 41.7 Å². The van der Waals surface area contributed by atoms with E-state index in [0.29, 0.717) is 23.7 Å². The fraction of sp³-hybridized carbons (Fsp3) is 0.444. The molecule has 31 heavy (non-hydrogen) atoms. The molecule has 4 rings (SSSR count). The van der Waals surface area contributed by atoms with Gasteiger partial charge in [-0.15, -0.1) is 21.5 Å². The summed E-state index contributed by atoms with van der Waals surface area (Å²) in [5, 5.41) is 17.2. The van der Waals surface area contributed by atoms with E-state index in [2.05, 4.69) is 26.7 Å². The molecule has 9 nitrogen and oxygen atoms in total. The summed E-state index contributed by atoms with van der Waals surface area (Å²) in [6.07, 6.45) is 0.875. The fourth-order valence-corrected chi connectivity index (χ4v) is 7.67. The number of nitrogens with one attached hydrogen (secondary N) is 1. The van der Waals surface area contributed by atoms with E-state index in [1.54, 1.807) is 36.9 Å². The molecule has 13 heteroatoms. The predicted octanol–water partition coefficient (Wildman–Crippen LogP) is 3.54. The zero-order valence-corrected chi connectivity index (χ0v) is 20.2. The third-order valence-electron chi connectivity index (χ3n) is 4.95. The molecule has 0 radical (unpaired) electrons. The smallest absolute Gasteiger partial charge is 0.248 e. The van der Waals surface area contributed by atoms with Crippen LogP contribution >= 0.6 is 34.4 Å². The first-order valence-corrected chi connectivity index (χ1v) is 13.7. The van der Waals surface area contributed by atoms with Crippen molar-refractivity contribution in [1.29, 1.82) is 0 Å². The van der Waals surface area contributed by atoms with Gasteiger partial charge in [-0.1, -0.05) is 34.3 Å². The number of rotatable bonds is 7. The Morgan fingerprint density at radius 2 is 2.10 bits per heavy atom. The Balaban J connectivity index is 1.30. The quantitative estimate of drug-likeness (QED) is 0.387. The van der Waals surface area contributed by atoms with E-state index < -0.39 is 10.0 Å². The molecule has 4 heterocycles. The molecule has 1 fully saturated rings. The third-order valence-corrected chi connectivity index (χ3v) is 10.2. The lowest BCUT2D eigenvalue weighted by Gasteiger charge is -2.30. The number of thiophene rings is 1. The predicted molar refractivity (Wildman–Crippen MR) is 120 cm³/mol. The van der Waals surface area contributed by atoms with Gasteiger partial charge in [-0.25, -0.2) is 8.42 Å². The zero-order chi connectivity index (χ0) is 22.0. The molecular formula is C18H21N5O4S4. The van der Waals surface area contributed by atoms with Gasteiger partial charge in [-0.2, -0.15) is 4.31 Å². The van der Waals surface area contributed by atoms with Crippen molar-refractivity contribution in [3.8, 4) is 0 Å². The second kappa shape index (κ2) is 9.36. The summed E-state index contributed by atoms with van der Waals surface area (Å²) in [6.45, 7) is 3.73. The van der Waals surface area contributed by atoms with Crippen LogP contribution < -0.4 is 5.32 Å². The maximum absolute atomic E-state index is 12.9. The summed E-state index contributed by atoms with van der Waals surface area (Å²) >= 11 is 4.62. The van der Waals surface area contributed by atoms with Gasteiger partial charge >= 0.3 is 0 Å². The summed E-state index contributed by atoms with van der Waals surface area (Å²) in [5.74, 6) is 0.669. The number of aryl methyl sites for hydroxylation is 2. The van der Waals surface area contributed by atoms with Crippen LogP contribution in [0.4, 0.5) is 5.13 Å². The highest BCUT2D eigenvalue weighted by atomic mass is 32.2. The molecule has 166 valence electrons. The molecule has 0 spiro atoms. The van der Waals surface area contributed by atoms with Crippen molar-refractivity contribution >= 4 is 55.5 Å². The molecule has 3 aromatic heterocycles. The van der Waals surface area contributed by atoms with Crippen LogP contribution in [0, 0.1) is 19.8 Å². The molecule has 1 N–H and O–H groups in total. The van der Waals surface area contributed by atoms with Gasteiger partial charge in [-0.3, -0.25) is 4.79 Å². The number of piperidine rings is 1. The Morgan fingerprint density at radius 1 is 1.32 bits per heavy atom. The van der Waals surface area contributed by atoms with Gasteiger partial charge in [0, 0.05) is 29.6 Å². The first-order valence-electron chi connectivity index (χ1n) is 9.57. The third kappa shape index (κ3) is 5.00. The van der Waals surface area contributed by atoms with E-state index >= 15 is 0 Å². The summed E-state index contributed by atoms with van der Waals surface area (Å²) in [5.41, 5.74) is 0.349. The zero-order valence-electron chi connectivity index (χ0n) is 16.9. The van der Waals surface area contributed by atoms with Crippen LogP contribution in [0.25, 0.3) is 0 Å². The molecule has 1 aliphatic rings. The van der Waals surface area contributed by atoms with Gasteiger partial charge < -0.3 is 9.84 Å². The fourth-order valence-electron chi connectivity index (χ4n) is 3.38. The number of anilines is 1. The molecular weight excluding hydrogens is 478 g/mol. The lowest BCUT2D eigenvalue weighted by Crippen LogP contribution is -2.41. The van der Waals surface area contributed by atoms with Crippen molar-refractivity contribution in [2.75, 3.05) is 18.4 Å². The molecule has 3 aromatic rings. The highest BCUT2D eigenvalue weighted by Crippen LogP contribution is 2.31. The molecule has 1 aliphatic heterocycles. The van der Waals surface area contributed by atoms with Crippen molar-refractivity contribution in [2.24, 2.45) is 5.92 Å². The number of nitrogens with zero attached hydrogens (tertiary/aromatic N) is 4. The summed E-state index contributed by atoms with van der Waals surface area (Å²) < 4.78 is 33.0.